The molecule has 1 aliphatic heterocycles. The van der Waals surface area contributed by atoms with Gasteiger partial charge >= 0.3 is 0 Å². The monoisotopic (exact) mass is 259 g/mol. The van der Waals surface area contributed by atoms with Gasteiger partial charge in [-0.3, -0.25) is 4.90 Å². The van der Waals surface area contributed by atoms with E-state index in [4.69, 9.17) is 4.74 Å². The van der Waals surface area contributed by atoms with E-state index in [1.807, 2.05) is 0 Å². The Kier molecular flexibility index (Phi) is 3.53. The van der Waals surface area contributed by atoms with Crippen LogP contribution in [0.2, 0.25) is 0 Å². The van der Waals surface area contributed by atoms with Crippen LogP contribution in [0, 0.1) is 0 Å². The van der Waals surface area contributed by atoms with Crippen molar-refractivity contribution in [2.24, 2.45) is 0 Å². The molecule has 0 spiro atoms. The van der Waals surface area contributed by atoms with Crippen LogP contribution >= 0.6 is 0 Å². The van der Waals surface area contributed by atoms with Crippen LogP contribution in [-0.2, 0) is 6.42 Å². The van der Waals surface area contributed by atoms with Gasteiger partial charge < -0.3 is 4.74 Å². The number of fused-ring (bicyclic) bond motifs is 3. The normalized spacial score (nSPS) is 29.9. The molecule has 19 heavy (non-hydrogen) atoms. The number of methoxy groups -OCH3 is 1. The van der Waals surface area contributed by atoms with E-state index >= 15 is 0 Å². The van der Waals surface area contributed by atoms with Crippen LogP contribution < -0.4 is 4.74 Å². The van der Waals surface area contributed by atoms with E-state index < -0.39 is 0 Å². The van der Waals surface area contributed by atoms with Gasteiger partial charge in [-0.25, -0.2) is 0 Å². The molecule has 3 rings (SSSR count). The molecule has 1 aromatic carbocycles. The van der Waals surface area contributed by atoms with E-state index in [9.17, 15) is 0 Å². The molecule has 0 saturated carbocycles. The van der Waals surface area contributed by atoms with Crippen molar-refractivity contribution >= 4 is 0 Å². The maximum atomic E-state index is 5.63. The molecule has 0 bridgehead atoms. The Morgan fingerprint density at radius 3 is 2.95 bits per heavy atom. The van der Waals surface area contributed by atoms with Crippen LogP contribution in [-0.4, -0.2) is 30.6 Å². The first-order chi connectivity index (χ1) is 9.26. The second-order valence-corrected chi connectivity index (χ2v) is 6.07. The summed E-state index contributed by atoms with van der Waals surface area (Å²) in [6.07, 6.45) is 5.07. The quantitative estimate of drug-likeness (QED) is 0.822. The lowest BCUT2D eigenvalue weighted by Crippen LogP contribution is -2.38. The Labute approximate surface area is 116 Å². The van der Waals surface area contributed by atoms with Gasteiger partial charge in [-0.1, -0.05) is 19.1 Å². The minimum absolute atomic E-state index is 0.682. The third kappa shape index (κ3) is 2.06. The van der Waals surface area contributed by atoms with Crippen molar-refractivity contribution in [3.05, 3.63) is 29.3 Å². The molecule has 2 aliphatic rings. The lowest BCUT2D eigenvalue weighted by Gasteiger charge is -2.35. The molecule has 3 atom stereocenters. The first-order valence-corrected chi connectivity index (χ1v) is 7.67. The molecule has 2 heteroatoms. The summed E-state index contributed by atoms with van der Waals surface area (Å²) < 4.78 is 5.63. The van der Waals surface area contributed by atoms with Crippen LogP contribution in [0.15, 0.2) is 18.2 Å². The van der Waals surface area contributed by atoms with Crippen LogP contribution in [0.3, 0.4) is 0 Å². The average molecular weight is 259 g/mol. The van der Waals surface area contributed by atoms with Crippen molar-refractivity contribution in [3.63, 3.8) is 0 Å². The lowest BCUT2D eigenvalue weighted by atomic mass is 9.78. The Morgan fingerprint density at radius 1 is 1.37 bits per heavy atom. The van der Waals surface area contributed by atoms with Gasteiger partial charge in [0, 0.05) is 23.6 Å². The highest BCUT2D eigenvalue weighted by Crippen LogP contribution is 2.47. The van der Waals surface area contributed by atoms with Crippen LogP contribution in [0.4, 0.5) is 0 Å². The Morgan fingerprint density at radius 2 is 2.21 bits per heavy atom. The molecule has 1 aliphatic carbocycles. The number of ether oxygens (including phenoxy) is 1. The summed E-state index contributed by atoms with van der Waals surface area (Å²) in [6, 6.07) is 8.01. The highest BCUT2D eigenvalue weighted by atomic mass is 16.5. The fourth-order valence-corrected chi connectivity index (χ4v) is 4.25. The maximum absolute atomic E-state index is 5.63. The number of nitrogens with zero attached hydrogens (tertiary/aromatic N) is 1. The maximum Gasteiger partial charge on any atom is 0.122 e. The fraction of sp³-hybridized carbons (Fsp3) is 0.647. The molecule has 0 unspecified atom stereocenters. The summed E-state index contributed by atoms with van der Waals surface area (Å²) in [5.74, 6) is 1.79. The number of hydrogen-bond donors (Lipinski definition) is 0. The van der Waals surface area contributed by atoms with Crippen molar-refractivity contribution in [1.29, 1.82) is 0 Å². The topological polar surface area (TPSA) is 12.5 Å². The molecule has 0 amide bonds. The first-order valence-electron chi connectivity index (χ1n) is 7.67. The van der Waals surface area contributed by atoms with Gasteiger partial charge in [0.05, 0.1) is 7.11 Å². The standard InChI is InChI=1S/C17H25NO/c1-4-10-18-12(2)11-14-15(18)9-8-13-6-5-7-16(19-3)17(13)14/h5-7,12,14-15H,4,8-11H2,1-3H3/t12-,14-,15-/m0/s1. The van der Waals surface area contributed by atoms with Gasteiger partial charge in [0.2, 0.25) is 0 Å². The number of likely N-dealkylation sites (tertiary alicyclic amines) is 1. The van der Waals surface area contributed by atoms with E-state index in [0.717, 1.165) is 11.8 Å². The first kappa shape index (κ1) is 13.0. The lowest BCUT2D eigenvalue weighted by molar-refractivity contribution is 0.185. The molecule has 1 fully saturated rings. The van der Waals surface area contributed by atoms with Gasteiger partial charge in [-0.2, -0.15) is 0 Å². The molecule has 0 radical (unpaired) electrons. The van der Waals surface area contributed by atoms with Crippen LogP contribution in [0.1, 0.15) is 50.2 Å². The summed E-state index contributed by atoms with van der Waals surface area (Å²) in [4.78, 5) is 2.74. The molecule has 1 saturated heterocycles. The molecule has 2 nitrogen and oxygen atoms in total. The van der Waals surface area contributed by atoms with Gasteiger partial charge in [0.1, 0.15) is 5.75 Å². The molecule has 104 valence electrons. The molecular weight excluding hydrogens is 234 g/mol. The average Bonchev–Trinajstić information content (AvgIpc) is 2.75. The van der Waals surface area contributed by atoms with Crippen molar-refractivity contribution in [1.82, 2.24) is 4.90 Å². The summed E-state index contributed by atoms with van der Waals surface area (Å²) >= 11 is 0. The van der Waals surface area contributed by atoms with E-state index in [2.05, 4.69) is 36.9 Å². The Bertz CT molecular complexity index is 442. The summed E-state index contributed by atoms with van der Waals surface area (Å²) in [5, 5.41) is 0. The van der Waals surface area contributed by atoms with Crippen LogP contribution in [0.5, 0.6) is 5.75 Å². The number of rotatable bonds is 3. The molecule has 0 aromatic heterocycles. The van der Waals surface area contributed by atoms with Crippen molar-refractivity contribution in [2.45, 2.75) is 57.5 Å². The number of hydrogen-bond acceptors (Lipinski definition) is 2. The highest BCUT2D eigenvalue weighted by molar-refractivity contribution is 5.46. The highest BCUT2D eigenvalue weighted by Gasteiger charge is 2.43. The zero-order chi connectivity index (χ0) is 13.4. The fourth-order valence-electron chi connectivity index (χ4n) is 4.25. The van der Waals surface area contributed by atoms with Gasteiger partial charge in [-0.15, -0.1) is 0 Å². The SMILES string of the molecule is CCCN1[C@@H](C)C[C@@H]2c3c(cccc3OC)CC[C@@H]21. The Balaban J connectivity index is 1.97. The number of benzene rings is 1. The second-order valence-electron chi connectivity index (χ2n) is 6.07. The van der Waals surface area contributed by atoms with Crippen molar-refractivity contribution < 1.29 is 4.74 Å². The van der Waals surface area contributed by atoms with Crippen molar-refractivity contribution in [2.75, 3.05) is 13.7 Å². The number of aryl methyl sites for hydroxylation is 1. The molecule has 1 aromatic rings. The molecular formula is C17H25NO. The van der Waals surface area contributed by atoms with Gasteiger partial charge in [0.15, 0.2) is 0 Å². The Hall–Kier alpha value is -1.02. The van der Waals surface area contributed by atoms with E-state index in [1.165, 1.54) is 43.4 Å². The van der Waals surface area contributed by atoms with Crippen molar-refractivity contribution in [3.8, 4) is 5.75 Å². The summed E-state index contributed by atoms with van der Waals surface area (Å²) in [6.45, 7) is 5.92. The smallest absolute Gasteiger partial charge is 0.122 e. The molecule has 0 N–H and O–H groups in total. The second kappa shape index (κ2) is 5.16. The van der Waals surface area contributed by atoms with E-state index in [-0.39, 0.29) is 0 Å². The van der Waals surface area contributed by atoms with Gasteiger partial charge in [0.25, 0.3) is 0 Å². The predicted molar refractivity (Wildman–Crippen MR) is 78.9 cm³/mol. The largest absolute Gasteiger partial charge is 0.496 e. The third-order valence-electron chi connectivity index (χ3n) is 4.99. The predicted octanol–water partition coefficient (Wildman–Crippen LogP) is 3.60. The minimum Gasteiger partial charge on any atom is -0.496 e. The van der Waals surface area contributed by atoms with Gasteiger partial charge in [-0.05, 0) is 50.8 Å². The zero-order valence-electron chi connectivity index (χ0n) is 12.4. The van der Waals surface area contributed by atoms with Crippen LogP contribution in [0.25, 0.3) is 0 Å². The minimum atomic E-state index is 0.682. The van der Waals surface area contributed by atoms with E-state index in [0.29, 0.717) is 12.0 Å². The molecule has 1 heterocycles. The zero-order valence-corrected chi connectivity index (χ0v) is 12.4. The summed E-state index contributed by atoms with van der Waals surface area (Å²) in [7, 11) is 1.81. The summed E-state index contributed by atoms with van der Waals surface area (Å²) in [5.41, 5.74) is 3.03. The van der Waals surface area contributed by atoms with E-state index in [1.54, 1.807) is 7.11 Å². The third-order valence-corrected chi connectivity index (χ3v) is 4.99.